The zero-order valence-corrected chi connectivity index (χ0v) is 9.60. The molecule has 2 amide bonds. The minimum absolute atomic E-state index is 0.222. The van der Waals surface area contributed by atoms with Crippen LogP contribution in [0.2, 0.25) is 0 Å². The van der Waals surface area contributed by atoms with Gasteiger partial charge >= 0.3 is 6.03 Å². The van der Waals surface area contributed by atoms with Gasteiger partial charge in [0.1, 0.15) is 0 Å². The lowest BCUT2D eigenvalue weighted by Crippen LogP contribution is -2.26. The van der Waals surface area contributed by atoms with Crippen molar-refractivity contribution in [1.29, 1.82) is 0 Å². The molecule has 0 radical (unpaired) electrons. The molecule has 1 aromatic rings. The second-order valence-electron chi connectivity index (χ2n) is 3.61. The van der Waals surface area contributed by atoms with E-state index in [0.29, 0.717) is 6.54 Å². The average molecular weight is 223 g/mol. The van der Waals surface area contributed by atoms with Gasteiger partial charge in [0.25, 0.3) is 0 Å². The maximum absolute atomic E-state index is 11.3. The molecule has 2 N–H and O–H groups in total. The molecule has 1 aromatic heterocycles. The lowest BCUT2D eigenvalue weighted by Gasteiger charge is -2.01. The Balaban J connectivity index is 2.71. The van der Waals surface area contributed by atoms with Crippen LogP contribution in [0.5, 0.6) is 0 Å². The van der Waals surface area contributed by atoms with Crippen molar-refractivity contribution in [3.8, 4) is 0 Å². The number of hydrogen-bond donors (Lipinski definition) is 2. The highest BCUT2D eigenvalue weighted by Gasteiger charge is 1.97. The normalized spacial score (nSPS) is 11.5. The molecule has 0 unspecified atom stereocenters. The summed E-state index contributed by atoms with van der Waals surface area (Å²) in [4.78, 5) is 15.1. The zero-order valence-electron chi connectivity index (χ0n) is 9.60. The topological polar surface area (TPSA) is 66.6 Å². The molecule has 0 fully saturated rings. The van der Waals surface area contributed by atoms with Crippen molar-refractivity contribution in [2.24, 2.45) is 4.99 Å². The Morgan fingerprint density at radius 1 is 1.56 bits per heavy atom. The maximum Gasteiger partial charge on any atom is 0.343 e. The van der Waals surface area contributed by atoms with Gasteiger partial charge in [-0.25, -0.2) is 4.79 Å². The second-order valence-corrected chi connectivity index (χ2v) is 3.61. The van der Waals surface area contributed by atoms with E-state index < -0.39 is 6.03 Å². The number of nitrogens with one attached hydrogen (secondary N) is 1. The third-order valence-electron chi connectivity index (χ3n) is 2.08. The van der Waals surface area contributed by atoms with Gasteiger partial charge in [0.15, 0.2) is 5.49 Å². The zero-order chi connectivity index (χ0) is 12.0. The van der Waals surface area contributed by atoms with Crippen molar-refractivity contribution in [2.45, 2.75) is 26.7 Å². The molecule has 0 saturated heterocycles. The van der Waals surface area contributed by atoms with Gasteiger partial charge in [-0.15, -0.1) is 0 Å². The van der Waals surface area contributed by atoms with Crippen LogP contribution in [0, 0.1) is 6.92 Å². The predicted octanol–water partition coefficient (Wildman–Crippen LogP) is 1.44. The van der Waals surface area contributed by atoms with Gasteiger partial charge in [0.2, 0.25) is 0 Å². The number of hydrogen-bond acceptors (Lipinski definition) is 2. The lowest BCUT2D eigenvalue weighted by atomic mass is 10.3. The van der Waals surface area contributed by atoms with Crippen LogP contribution < -0.4 is 10.8 Å². The SMILES string of the molecule is CCCCNC(=O)/N=c1/ccc(C)cn1O. The molecule has 0 aliphatic heterocycles. The molecule has 5 nitrogen and oxygen atoms in total. The Bertz CT molecular complexity index is 423. The maximum atomic E-state index is 11.3. The van der Waals surface area contributed by atoms with Gasteiger partial charge in [-0.1, -0.05) is 19.4 Å². The molecule has 16 heavy (non-hydrogen) atoms. The molecule has 5 heteroatoms. The molecule has 0 bridgehead atoms. The molecule has 0 atom stereocenters. The van der Waals surface area contributed by atoms with E-state index >= 15 is 0 Å². The standard InChI is InChI=1S/C11H17N3O2/c1-3-4-7-12-11(15)13-10-6-5-9(2)8-14(10)16/h5-6,8,16H,3-4,7H2,1-2H3,(H,12,15)/b13-10-. The lowest BCUT2D eigenvalue weighted by molar-refractivity contribution is 0.170. The van der Waals surface area contributed by atoms with Crippen LogP contribution in [-0.2, 0) is 0 Å². The summed E-state index contributed by atoms with van der Waals surface area (Å²) >= 11 is 0. The molecule has 0 aliphatic rings. The van der Waals surface area contributed by atoms with Crippen molar-refractivity contribution in [3.63, 3.8) is 0 Å². The first-order valence-corrected chi connectivity index (χ1v) is 5.34. The van der Waals surface area contributed by atoms with E-state index in [2.05, 4.69) is 10.3 Å². The van der Waals surface area contributed by atoms with Gasteiger partial charge < -0.3 is 10.5 Å². The number of nitrogens with zero attached hydrogens (tertiary/aromatic N) is 2. The Hall–Kier alpha value is -1.78. The minimum atomic E-state index is -0.430. The van der Waals surface area contributed by atoms with E-state index in [9.17, 15) is 10.0 Å². The van der Waals surface area contributed by atoms with Crippen LogP contribution in [0.1, 0.15) is 25.3 Å². The molecule has 0 aromatic carbocycles. The number of rotatable bonds is 3. The highest BCUT2D eigenvalue weighted by Crippen LogP contribution is 1.89. The van der Waals surface area contributed by atoms with Crippen LogP contribution >= 0.6 is 0 Å². The average Bonchev–Trinajstić information content (AvgIpc) is 2.23. The summed E-state index contributed by atoms with van der Waals surface area (Å²) in [5.74, 6) is 0. The third-order valence-corrected chi connectivity index (χ3v) is 2.08. The Morgan fingerprint density at radius 3 is 2.94 bits per heavy atom. The smallest absolute Gasteiger partial charge is 0.343 e. The summed E-state index contributed by atoms with van der Waals surface area (Å²) < 4.78 is 0.842. The number of pyridine rings is 1. The van der Waals surface area contributed by atoms with Crippen molar-refractivity contribution < 1.29 is 10.0 Å². The molecule has 88 valence electrons. The Morgan fingerprint density at radius 2 is 2.31 bits per heavy atom. The quantitative estimate of drug-likeness (QED) is 0.601. The predicted molar refractivity (Wildman–Crippen MR) is 60.2 cm³/mol. The first-order chi connectivity index (χ1) is 7.63. The number of urea groups is 1. The van der Waals surface area contributed by atoms with E-state index in [1.807, 2.05) is 13.8 Å². The van der Waals surface area contributed by atoms with Crippen molar-refractivity contribution in [2.75, 3.05) is 6.54 Å². The summed E-state index contributed by atoms with van der Waals surface area (Å²) in [6.07, 6.45) is 3.44. The van der Waals surface area contributed by atoms with E-state index in [4.69, 9.17) is 0 Å². The second kappa shape index (κ2) is 5.95. The first-order valence-electron chi connectivity index (χ1n) is 5.34. The van der Waals surface area contributed by atoms with Crippen LogP contribution in [0.15, 0.2) is 23.3 Å². The monoisotopic (exact) mass is 223 g/mol. The fourth-order valence-electron chi connectivity index (χ4n) is 1.19. The van der Waals surface area contributed by atoms with E-state index in [-0.39, 0.29) is 5.49 Å². The third kappa shape index (κ3) is 3.76. The molecule has 1 rings (SSSR count). The number of unbranched alkanes of at least 4 members (excludes halogenated alkanes) is 1. The van der Waals surface area contributed by atoms with Crippen molar-refractivity contribution in [3.05, 3.63) is 29.4 Å². The highest BCUT2D eigenvalue weighted by atomic mass is 16.5. The van der Waals surface area contributed by atoms with E-state index in [1.165, 1.54) is 6.20 Å². The Labute approximate surface area is 94.4 Å². The van der Waals surface area contributed by atoms with Gasteiger partial charge in [0, 0.05) is 12.7 Å². The van der Waals surface area contributed by atoms with Crippen LogP contribution in [0.4, 0.5) is 4.79 Å². The Kier molecular flexibility index (Phi) is 4.57. The fourth-order valence-corrected chi connectivity index (χ4v) is 1.19. The van der Waals surface area contributed by atoms with Crippen LogP contribution in [0.25, 0.3) is 0 Å². The van der Waals surface area contributed by atoms with E-state index in [0.717, 1.165) is 23.1 Å². The molecular formula is C11H17N3O2. The molecule has 0 aliphatic carbocycles. The summed E-state index contributed by atoms with van der Waals surface area (Å²) in [5.41, 5.74) is 1.12. The van der Waals surface area contributed by atoms with Crippen molar-refractivity contribution >= 4 is 6.03 Å². The largest absolute Gasteiger partial charge is 0.427 e. The van der Waals surface area contributed by atoms with Crippen LogP contribution in [0.3, 0.4) is 0 Å². The summed E-state index contributed by atoms with van der Waals surface area (Å²) in [6.45, 7) is 4.50. The van der Waals surface area contributed by atoms with Gasteiger partial charge in [0.05, 0.1) is 0 Å². The molecule has 0 saturated carbocycles. The number of carbonyl (C=O) groups is 1. The van der Waals surface area contributed by atoms with Gasteiger partial charge in [-0.05, 0) is 25.0 Å². The van der Waals surface area contributed by atoms with Gasteiger partial charge in [-0.2, -0.15) is 9.72 Å². The minimum Gasteiger partial charge on any atom is -0.427 e. The molecule has 0 spiro atoms. The van der Waals surface area contributed by atoms with Gasteiger partial charge in [-0.3, -0.25) is 0 Å². The summed E-state index contributed by atoms with van der Waals surface area (Å²) in [7, 11) is 0. The summed E-state index contributed by atoms with van der Waals surface area (Å²) in [6, 6.07) is 2.94. The first kappa shape index (κ1) is 12.3. The van der Waals surface area contributed by atoms with E-state index in [1.54, 1.807) is 12.1 Å². The summed E-state index contributed by atoms with van der Waals surface area (Å²) in [5, 5.41) is 12.1. The molecular weight excluding hydrogens is 206 g/mol. The number of amides is 2. The highest BCUT2D eigenvalue weighted by molar-refractivity contribution is 5.74. The fraction of sp³-hybridized carbons (Fsp3) is 0.455. The number of aryl methyl sites for hydroxylation is 1. The van der Waals surface area contributed by atoms with Crippen molar-refractivity contribution in [1.82, 2.24) is 10.0 Å². The number of carbonyl (C=O) groups excluding carboxylic acids is 1. The molecule has 1 heterocycles. The van der Waals surface area contributed by atoms with Crippen LogP contribution in [-0.4, -0.2) is 22.5 Å². The number of aromatic nitrogens is 1.